The van der Waals surface area contributed by atoms with Crippen LogP contribution in [0.2, 0.25) is 0 Å². The van der Waals surface area contributed by atoms with E-state index in [1.54, 1.807) is 77.8 Å². The molecule has 5 heterocycles. The summed E-state index contributed by atoms with van der Waals surface area (Å²) in [5.41, 5.74) is -8.29. The molecule has 0 amide bonds. The summed E-state index contributed by atoms with van der Waals surface area (Å²) in [6.45, 7) is -0.933. The average molecular weight is 2040 g/mol. The molecule has 0 saturated heterocycles. The van der Waals surface area contributed by atoms with Crippen LogP contribution >= 0.6 is 0 Å². The van der Waals surface area contributed by atoms with Gasteiger partial charge in [-0.05, 0) is 82.8 Å². The molecule has 0 aliphatic carbocycles. The summed E-state index contributed by atoms with van der Waals surface area (Å²) in [6, 6.07) is 39.4. The zero-order valence-corrected chi connectivity index (χ0v) is 81.6. The second kappa shape index (κ2) is 54.9. The van der Waals surface area contributed by atoms with E-state index in [1.165, 1.54) is 42.5 Å². The Morgan fingerprint density at radius 1 is 0.393 bits per heavy atom. The number of halogens is 4. The molecule has 7 aromatic carbocycles. The van der Waals surface area contributed by atoms with Crippen LogP contribution in [0, 0.1) is 29.3 Å². The quantitative estimate of drug-likeness (QED) is 0.00715. The zero-order chi connectivity index (χ0) is 101. The molecule has 5 aromatic heterocycles. The Morgan fingerprint density at radius 3 is 1.19 bits per heavy atom. The van der Waals surface area contributed by atoms with Crippen LogP contribution in [0.1, 0.15) is 85.9 Å². The van der Waals surface area contributed by atoms with Crippen molar-refractivity contribution in [2.24, 2.45) is 0 Å². The van der Waals surface area contributed by atoms with Gasteiger partial charge in [-0.25, -0.2) is 78.5 Å². The van der Waals surface area contributed by atoms with Crippen LogP contribution in [0.4, 0.5) is 41.5 Å². The predicted octanol–water partition coefficient (Wildman–Crippen LogP) is -5.80. The van der Waals surface area contributed by atoms with Gasteiger partial charge in [-0.2, -0.15) is 29.8 Å². The van der Waals surface area contributed by atoms with Gasteiger partial charge in [0, 0.05) is 12.0 Å². The molecule has 5 N–H and O–H groups in total. The third-order valence-corrected chi connectivity index (χ3v) is 19.1. The van der Waals surface area contributed by atoms with Crippen LogP contribution in [0.25, 0.3) is 5.69 Å². The van der Waals surface area contributed by atoms with Crippen molar-refractivity contribution in [1.82, 2.24) is 47.8 Å². The van der Waals surface area contributed by atoms with Gasteiger partial charge < -0.3 is 56.5 Å². The summed E-state index contributed by atoms with van der Waals surface area (Å²) in [6.07, 6.45) is -5.44. The van der Waals surface area contributed by atoms with Gasteiger partial charge in [0.2, 0.25) is 29.4 Å². The van der Waals surface area contributed by atoms with Crippen molar-refractivity contribution in [3.05, 3.63) is 364 Å². The minimum atomic E-state index is -4.72. The standard InChI is InChI=1S/C26H20F2N2O5.C20H15F2N2O8S.C15H12N2O7.C14H12N2O9S.C7H6N2O6.3Na.O3S/c1-34-26(33)35-24-20(14-18-12-13-21(27)22(28)15-18)23(31)30(19-10-6-3-7-11-19)25(32)29(24)16-17-8-4-2-5-9-17;1-31-20(27)32-17-14(8-11-2-5-13(6-3-11)33(28,29)30)18(25)24(19(26)23-17)10-12-4-7-15(21)16(22)9-12;1-23-15(22)24-12-11(8-19)13(20)17(14(21)16-12)6-9-2-4-10(7-18)5-3-9;1-24-14(20)25-11-10(7-17)12(18)16(13(19)15-11)6-8-2-4-9(5-3-8)26(21,22)23;1-14-7(13)15-5-3(2-10)4(11)8-6(12)9-5;;;;1-4(2)3/h2-13,15H,14,16H2,1H3;2,4-7,9H,8,10H2,1H3,(H,23,26)(H,28,29,30);2-5,7-8H,6H2,1H3,(H,16,21);2-5,7H,6H2,1H3,(H,15,19)(H,21,22,23);2H,1H3,(H2,8,9,11,12);;;;/q;-1;;;;3*+1;/p-2. The molecular formula is C82H63F4N10Na3O38S3. The number of hydrogen-bond acceptors (Lipinski definition) is 38. The molecule has 140 heavy (non-hydrogen) atoms. The molecule has 0 saturated carbocycles. The predicted molar refractivity (Wildman–Crippen MR) is 450 cm³/mol. The number of ether oxygens (including phenoxy) is 10. The van der Waals surface area contributed by atoms with Crippen LogP contribution in [0.3, 0.4) is 0 Å². The van der Waals surface area contributed by atoms with E-state index in [9.17, 15) is 135 Å². The molecule has 0 aliphatic heterocycles. The van der Waals surface area contributed by atoms with Gasteiger partial charge in [-0.3, -0.25) is 94.8 Å². The fourth-order valence-corrected chi connectivity index (χ4v) is 12.0. The molecular weight excluding hydrogens is 1970 g/mol. The van der Waals surface area contributed by atoms with Gasteiger partial charge in [0.25, 0.3) is 27.8 Å². The van der Waals surface area contributed by atoms with Crippen molar-refractivity contribution < 1.29 is 235 Å². The van der Waals surface area contributed by atoms with Gasteiger partial charge >= 0.3 is 159 Å². The second-order valence-electron chi connectivity index (χ2n) is 26.2. The number of nitrogens with zero attached hydrogens (tertiary/aromatic N) is 5. The minimum Gasteiger partial charge on any atom is -0.754 e. The Labute approximate surface area is 846 Å². The summed E-state index contributed by atoms with van der Waals surface area (Å²) in [7, 11) is -7.31. The topological polar surface area (TPSA) is 686 Å². The first kappa shape index (κ1) is 117. The monoisotopic (exact) mass is 2040 g/mol. The fraction of sp³-hybridized carbons (Fsp3) is 0.134. The van der Waals surface area contributed by atoms with Crippen LogP contribution < -0.4 is 169 Å². The average Bonchev–Trinajstić information content (AvgIpc) is 0.751. The normalized spacial score (nSPS) is 10.3. The number of aromatic amines is 5. The van der Waals surface area contributed by atoms with Crippen molar-refractivity contribution in [3.8, 4) is 35.1 Å². The van der Waals surface area contributed by atoms with Gasteiger partial charge in [-0.1, -0.05) is 102 Å². The first-order chi connectivity index (χ1) is 64.8. The molecule has 0 atom stereocenters. The summed E-state index contributed by atoms with van der Waals surface area (Å²) >= 11 is 0. The Morgan fingerprint density at radius 2 is 0.764 bits per heavy atom. The van der Waals surface area contributed by atoms with Crippen LogP contribution in [-0.2, 0) is 93.5 Å². The number of H-pyrrole nitrogens is 5. The zero-order valence-electron chi connectivity index (χ0n) is 73.1. The molecule has 58 heteroatoms. The van der Waals surface area contributed by atoms with Gasteiger partial charge in [0.15, 0.2) is 42.1 Å². The third-order valence-electron chi connectivity index (χ3n) is 17.5. The van der Waals surface area contributed by atoms with Gasteiger partial charge in [0.1, 0.15) is 33.1 Å². The van der Waals surface area contributed by atoms with E-state index in [-0.39, 0.29) is 174 Å². The van der Waals surface area contributed by atoms with Crippen LogP contribution in [0.5, 0.6) is 29.4 Å². The summed E-state index contributed by atoms with van der Waals surface area (Å²) in [5.74, 6) is -7.10. The largest absolute Gasteiger partial charge is 1.00 e. The van der Waals surface area contributed by atoms with E-state index in [2.05, 4.69) is 58.9 Å². The van der Waals surface area contributed by atoms with E-state index >= 15 is 0 Å². The molecule has 0 radical (unpaired) electrons. The van der Waals surface area contributed by atoms with E-state index in [0.717, 1.165) is 97.8 Å². The summed E-state index contributed by atoms with van der Waals surface area (Å²) < 4.78 is 195. The molecule has 0 bridgehead atoms. The SMILES string of the molecule is COC(=O)Oc1[nH]c(=O)[nH]c(=O)c1C=O.COC(=O)Oc1[nH]c(=O)n(Cc2ccc(C=O)cc2)c(=O)c1C=O.COC(=O)Oc1[nH]c(=O)n(Cc2ccc(F)c(F)c2)c(=O)c1Cc1[c-]cc(S(=O)(=O)[O-])cc1.COC(=O)Oc1[nH]c(=O)n(Cc2ccc(S(=O)(=O)[O-])cc2)c(=O)c1C=O.COC(=O)Oc1c(Cc2ccc(F)c(F)c2)c(=O)n(-c2ccccc2)c(=O)n1Cc1ccccc1.O=S(=O)=O.[Na+].[Na+].[Na+]. The second-order valence-corrected chi connectivity index (χ2v) is 29.3. The van der Waals surface area contributed by atoms with Crippen molar-refractivity contribution >= 4 is 86.8 Å². The maximum Gasteiger partial charge on any atom is 1.00 e. The van der Waals surface area contributed by atoms with Crippen molar-refractivity contribution in [3.63, 3.8) is 0 Å². The molecule has 12 rings (SSSR count). The van der Waals surface area contributed by atoms with E-state index < -0.39 is 198 Å². The number of hydrogen-bond donors (Lipinski definition) is 5. The van der Waals surface area contributed by atoms with Crippen molar-refractivity contribution in [1.29, 1.82) is 0 Å². The number of rotatable bonds is 24. The fourth-order valence-electron chi connectivity index (χ4n) is 11.1. The Hall–Kier alpha value is -14.9. The number of benzene rings is 7. The molecule has 12 aromatic rings. The molecule has 0 unspecified atom stereocenters. The minimum absolute atomic E-state index is 0. The Kier molecular flexibility index (Phi) is 46.1. The van der Waals surface area contributed by atoms with Gasteiger partial charge in [0.05, 0.1) is 93.6 Å². The number of nitrogens with one attached hydrogen (secondary N) is 5. The molecule has 0 aliphatic rings. The molecule has 0 fully saturated rings. The number of carbonyl (C=O) groups is 9. The Bertz CT molecular complexity index is 7630. The number of carbonyl (C=O) groups excluding carboxylic acids is 9. The first-order valence-corrected chi connectivity index (χ1v) is 41.0. The summed E-state index contributed by atoms with van der Waals surface area (Å²) in [5, 5.41) is 0. The maximum absolute atomic E-state index is 13.9. The number of aromatic nitrogens is 10. The Balaban J connectivity index is 0.000000367. The molecule has 0 spiro atoms. The number of methoxy groups -OCH3 is 5. The van der Waals surface area contributed by atoms with Gasteiger partial charge in [-0.15, -0.1) is 12.6 Å². The van der Waals surface area contributed by atoms with Crippen LogP contribution in [0.15, 0.2) is 222 Å². The van der Waals surface area contributed by atoms with E-state index in [1.807, 2.05) is 4.98 Å². The third kappa shape index (κ3) is 33.2. The smallest absolute Gasteiger partial charge is 0.754 e. The van der Waals surface area contributed by atoms with Crippen LogP contribution in [-0.4, -0.2) is 178 Å². The van der Waals surface area contributed by atoms with E-state index in [4.69, 9.17) is 22.1 Å². The summed E-state index contributed by atoms with van der Waals surface area (Å²) in [4.78, 5) is 232. The maximum atomic E-state index is 13.9. The molecule has 48 nitrogen and oxygen atoms in total. The van der Waals surface area contributed by atoms with E-state index in [0.29, 0.717) is 43.4 Å². The van der Waals surface area contributed by atoms with Crippen molar-refractivity contribution in [2.75, 3.05) is 35.5 Å². The number of para-hydroxylation sites is 1. The first-order valence-electron chi connectivity index (χ1n) is 37.2. The number of aldehydes is 4. The van der Waals surface area contributed by atoms with Crippen molar-refractivity contribution in [2.45, 2.75) is 48.8 Å². The molecule has 718 valence electrons.